The molecule has 1 aromatic carbocycles. The molecule has 1 saturated carbocycles. The molecule has 0 N–H and O–H groups in total. The first-order chi connectivity index (χ1) is 13.2. The van der Waals surface area contributed by atoms with Gasteiger partial charge in [0.15, 0.2) is 0 Å². The van der Waals surface area contributed by atoms with E-state index in [1.165, 1.54) is 43.2 Å². The fourth-order valence-electron chi connectivity index (χ4n) is 5.17. The van der Waals surface area contributed by atoms with Crippen molar-refractivity contribution in [2.24, 2.45) is 5.92 Å². The van der Waals surface area contributed by atoms with Crippen LogP contribution in [0.3, 0.4) is 0 Å². The second kappa shape index (κ2) is 8.45. The van der Waals surface area contributed by atoms with Crippen molar-refractivity contribution in [3.05, 3.63) is 35.4 Å². The molecule has 0 bridgehead atoms. The maximum atomic E-state index is 12.8. The number of fused-ring (bicyclic) bond motifs is 1. The average molecular weight is 369 g/mol. The number of rotatable bonds is 4. The number of hydrogen-bond donors (Lipinski definition) is 0. The molecular formula is C23H32N2O2. The second-order valence-corrected chi connectivity index (χ2v) is 8.61. The van der Waals surface area contributed by atoms with Crippen LogP contribution in [-0.2, 0) is 16.0 Å². The van der Waals surface area contributed by atoms with Crippen LogP contribution in [0.2, 0.25) is 0 Å². The molecule has 1 aromatic rings. The first kappa shape index (κ1) is 18.5. The summed E-state index contributed by atoms with van der Waals surface area (Å²) in [6, 6.07) is 8.55. The third-order valence-electron chi connectivity index (χ3n) is 6.85. The van der Waals surface area contributed by atoms with Crippen molar-refractivity contribution < 1.29 is 9.59 Å². The van der Waals surface area contributed by atoms with Gasteiger partial charge in [-0.1, -0.05) is 43.5 Å². The van der Waals surface area contributed by atoms with E-state index in [4.69, 9.17) is 0 Å². The number of aryl methyl sites for hydroxylation is 1. The molecule has 4 heteroatoms. The van der Waals surface area contributed by atoms with Gasteiger partial charge in [-0.05, 0) is 48.6 Å². The summed E-state index contributed by atoms with van der Waals surface area (Å²) in [6.07, 6.45) is 9.84. The molecule has 2 aliphatic carbocycles. The first-order valence-electron chi connectivity index (χ1n) is 10.8. The van der Waals surface area contributed by atoms with Crippen LogP contribution in [0.5, 0.6) is 0 Å². The van der Waals surface area contributed by atoms with E-state index in [0.29, 0.717) is 56.8 Å². The minimum absolute atomic E-state index is 0.260. The highest BCUT2D eigenvalue weighted by molar-refractivity contribution is 5.79. The molecule has 146 valence electrons. The maximum Gasteiger partial charge on any atom is 0.223 e. The Kier molecular flexibility index (Phi) is 5.80. The Balaban J connectivity index is 1.24. The Hall–Kier alpha value is -1.84. The van der Waals surface area contributed by atoms with E-state index in [2.05, 4.69) is 24.3 Å². The summed E-state index contributed by atoms with van der Waals surface area (Å²) in [5.74, 6) is 1.53. The second-order valence-electron chi connectivity index (χ2n) is 8.61. The van der Waals surface area contributed by atoms with Gasteiger partial charge in [0.1, 0.15) is 0 Å². The molecule has 2 amide bonds. The summed E-state index contributed by atoms with van der Waals surface area (Å²) in [7, 11) is 0. The summed E-state index contributed by atoms with van der Waals surface area (Å²) in [6.45, 7) is 2.81. The van der Waals surface area contributed by atoms with E-state index in [1.807, 2.05) is 9.80 Å². The van der Waals surface area contributed by atoms with Crippen molar-refractivity contribution >= 4 is 11.8 Å². The van der Waals surface area contributed by atoms with E-state index in [9.17, 15) is 9.59 Å². The van der Waals surface area contributed by atoms with Crippen LogP contribution >= 0.6 is 0 Å². The molecule has 1 saturated heterocycles. The van der Waals surface area contributed by atoms with Crippen LogP contribution in [0, 0.1) is 5.92 Å². The Morgan fingerprint density at radius 3 is 2.15 bits per heavy atom. The number of benzene rings is 1. The lowest BCUT2D eigenvalue weighted by Crippen LogP contribution is -2.51. The minimum Gasteiger partial charge on any atom is -0.339 e. The number of amides is 2. The molecule has 27 heavy (non-hydrogen) atoms. The van der Waals surface area contributed by atoms with Crippen LogP contribution in [-0.4, -0.2) is 47.8 Å². The van der Waals surface area contributed by atoms with Gasteiger partial charge in [0.05, 0.1) is 0 Å². The molecule has 4 nitrogen and oxygen atoms in total. The summed E-state index contributed by atoms with van der Waals surface area (Å²) in [4.78, 5) is 29.3. The molecular weight excluding hydrogens is 336 g/mol. The molecule has 0 aromatic heterocycles. The summed E-state index contributed by atoms with van der Waals surface area (Å²) >= 11 is 0. The van der Waals surface area contributed by atoms with Gasteiger partial charge in [-0.15, -0.1) is 0 Å². The number of carbonyl (C=O) groups is 2. The Labute approximate surface area is 162 Å². The maximum absolute atomic E-state index is 12.8. The molecule has 0 spiro atoms. The normalized spacial score (nSPS) is 23.3. The third-order valence-corrected chi connectivity index (χ3v) is 6.85. The van der Waals surface area contributed by atoms with Crippen molar-refractivity contribution in [3.63, 3.8) is 0 Å². The van der Waals surface area contributed by atoms with Gasteiger partial charge in [-0.25, -0.2) is 0 Å². The lowest BCUT2D eigenvalue weighted by Gasteiger charge is -2.36. The Morgan fingerprint density at radius 1 is 0.815 bits per heavy atom. The minimum atomic E-state index is 0.260. The molecule has 1 atom stereocenters. The van der Waals surface area contributed by atoms with Crippen LogP contribution < -0.4 is 0 Å². The molecule has 0 radical (unpaired) electrons. The van der Waals surface area contributed by atoms with Crippen molar-refractivity contribution in [1.29, 1.82) is 0 Å². The smallest absolute Gasteiger partial charge is 0.223 e. The number of hydrogen-bond acceptors (Lipinski definition) is 2. The molecule has 4 rings (SSSR count). The van der Waals surface area contributed by atoms with E-state index in [-0.39, 0.29) is 5.91 Å². The van der Waals surface area contributed by atoms with Crippen LogP contribution in [0.15, 0.2) is 24.3 Å². The highest BCUT2D eigenvalue weighted by atomic mass is 16.2. The molecule has 3 aliphatic rings. The zero-order valence-electron chi connectivity index (χ0n) is 16.4. The monoisotopic (exact) mass is 368 g/mol. The Bertz CT molecular complexity index is 673. The van der Waals surface area contributed by atoms with Gasteiger partial charge in [-0.3, -0.25) is 9.59 Å². The number of piperazine rings is 1. The predicted octanol–water partition coefficient (Wildman–Crippen LogP) is 3.75. The lowest BCUT2D eigenvalue weighted by atomic mass is 9.86. The van der Waals surface area contributed by atoms with Gasteiger partial charge >= 0.3 is 0 Å². The van der Waals surface area contributed by atoms with E-state index in [1.54, 1.807) is 0 Å². The lowest BCUT2D eigenvalue weighted by molar-refractivity contribution is -0.140. The molecule has 1 unspecified atom stereocenters. The standard InChI is InChI=1S/C23H32N2O2/c26-22(16-18-6-2-1-3-7-18)24-12-14-25(15-13-24)23(27)17-20-11-10-19-8-4-5-9-21(19)20/h4-5,8-9,18,20H,1-3,6-7,10-17H2. The molecule has 1 aliphatic heterocycles. The summed E-state index contributed by atoms with van der Waals surface area (Å²) < 4.78 is 0. The fraction of sp³-hybridized carbons (Fsp3) is 0.652. The van der Waals surface area contributed by atoms with Crippen molar-refractivity contribution in [2.45, 2.75) is 63.7 Å². The predicted molar refractivity (Wildman–Crippen MR) is 106 cm³/mol. The van der Waals surface area contributed by atoms with E-state index in [0.717, 1.165) is 12.8 Å². The average Bonchev–Trinajstić information content (AvgIpc) is 3.12. The van der Waals surface area contributed by atoms with Gasteiger partial charge in [-0.2, -0.15) is 0 Å². The summed E-state index contributed by atoms with van der Waals surface area (Å²) in [5, 5.41) is 0. The van der Waals surface area contributed by atoms with Crippen LogP contribution in [0.4, 0.5) is 0 Å². The molecule has 1 heterocycles. The van der Waals surface area contributed by atoms with Gasteiger partial charge in [0.25, 0.3) is 0 Å². The SMILES string of the molecule is O=C(CC1CCCCC1)N1CCN(C(=O)CC2CCc3ccccc32)CC1. The van der Waals surface area contributed by atoms with Crippen molar-refractivity contribution in [1.82, 2.24) is 9.80 Å². The topological polar surface area (TPSA) is 40.6 Å². The third kappa shape index (κ3) is 4.36. The highest BCUT2D eigenvalue weighted by Gasteiger charge is 2.29. The summed E-state index contributed by atoms with van der Waals surface area (Å²) in [5.41, 5.74) is 2.78. The van der Waals surface area contributed by atoms with Crippen molar-refractivity contribution in [2.75, 3.05) is 26.2 Å². The van der Waals surface area contributed by atoms with E-state index >= 15 is 0 Å². The van der Waals surface area contributed by atoms with Gasteiger partial charge in [0.2, 0.25) is 11.8 Å². The Morgan fingerprint density at radius 2 is 1.44 bits per heavy atom. The van der Waals surface area contributed by atoms with Crippen LogP contribution in [0.25, 0.3) is 0 Å². The quantitative estimate of drug-likeness (QED) is 0.812. The van der Waals surface area contributed by atoms with Crippen LogP contribution in [0.1, 0.15) is 68.4 Å². The molecule has 2 fully saturated rings. The van der Waals surface area contributed by atoms with Crippen molar-refractivity contribution in [3.8, 4) is 0 Å². The first-order valence-corrected chi connectivity index (χ1v) is 10.8. The zero-order chi connectivity index (χ0) is 18.6. The highest BCUT2D eigenvalue weighted by Crippen LogP contribution is 2.35. The number of nitrogens with zero attached hydrogens (tertiary/aromatic N) is 2. The fourth-order valence-corrected chi connectivity index (χ4v) is 5.17. The largest absolute Gasteiger partial charge is 0.339 e. The number of carbonyl (C=O) groups excluding carboxylic acids is 2. The van der Waals surface area contributed by atoms with Gasteiger partial charge in [0, 0.05) is 39.0 Å². The van der Waals surface area contributed by atoms with Gasteiger partial charge < -0.3 is 9.80 Å². The zero-order valence-corrected chi connectivity index (χ0v) is 16.4. The van der Waals surface area contributed by atoms with E-state index < -0.39 is 0 Å².